The first-order chi connectivity index (χ1) is 18.6. The van der Waals surface area contributed by atoms with Gasteiger partial charge >= 0.3 is 0 Å². The molecule has 0 saturated heterocycles. The van der Waals surface area contributed by atoms with Crippen LogP contribution in [0.5, 0.6) is 34.5 Å². The van der Waals surface area contributed by atoms with Crippen molar-refractivity contribution in [3.05, 3.63) is 71.8 Å². The van der Waals surface area contributed by atoms with E-state index in [2.05, 4.69) is 0 Å². The van der Waals surface area contributed by atoms with Crippen LogP contribution in [0, 0.1) is 0 Å². The lowest BCUT2D eigenvalue weighted by atomic mass is 10.1. The quantitative estimate of drug-likeness (QED) is 0.228. The van der Waals surface area contributed by atoms with Crippen LogP contribution in [0.15, 0.2) is 70.6 Å². The number of methoxy groups -OCH3 is 6. The third kappa shape index (κ3) is 5.34. The van der Waals surface area contributed by atoms with Gasteiger partial charge in [0.25, 0.3) is 0 Å². The standard InChI is InChI=1S/C30H30N2O6/c1-33-25-13-19(14-26(34-2)29(25)37-5)17-31-23-11-7-10-22-21(23)9-8-12-24(22)32-18-20-15-27(35-3)30(38-6)28(16-20)36-4/h7-18H,1-6H3. The molecule has 0 spiro atoms. The van der Waals surface area contributed by atoms with Gasteiger partial charge in [-0.1, -0.05) is 24.3 Å². The summed E-state index contributed by atoms with van der Waals surface area (Å²) < 4.78 is 32.7. The molecule has 0 saturated carbocycles. The van der Waals surface area contributed by atoms with Crippen LogP contribution in [0.4, 0.5) is 11.4 Å². The van der Waals surface area contributed by atoms with Gasteiger partial charge in [0.2, 0.25) is 11.5 Å². The highest BCUT2D eigenvalue weighted by Gasteiger charge is 2.14. The van der Waals surface area contributed by atoms with Gasteiger partial charge in [0.1, 0.15) is 0 Å². The molecule has 0 aliphatic rings. The van der Waals surface area contributed by atoms with Gasteiger partial charge in [0, 0.05) is 34.3 Å². The van der Waals surface area contributed by atoms with Crippen LogP contribution >= 0.6 is 0 Å². The summed E-state index contributed by atoms with van der Waals surface area (Å²) in [6.07, 6.45) is 3.54. The SMILES string of the molecule is COc1cc(C=Nc2cccc3c(N=Cc4cc(OC)c(OC)c(OC)c4)cccc23)cc(OC)c1OC. The average molecular weight is 515 g/mol. The monoisotopic (exact) mass is 514 g/mol. The van der Waals surface area contributed by atoms with Gasteiger partial charge in [-0.15, -0.1) is 0 Å². The van der Waals surface area contributed by atoms with Crippen LogP contribution in [-0.4, -0.2) is 55.1 Å². The van der Waals surface area contributed by atoms with Gasteiger partial charge in [-0.25, -0.2) is 0 Å². The molecule has 0 aliphatic carbocycles. The molecule has 196 valence electrons. The fraction of sp³-hybridized carbons (Fsp3) is 0.200. The molecule has 4 rings (SSSR count). The van der Waals surface area contributed by atoms with E-state index < -0.39 is 0 Å². The van der Waals surface area contributed by atoms with E-state index in [9.17, 15) is 0 Å². The zero-order valence-corrected chi connectivity index (χ0v) is 22.3. The third-order valence-electron chi connectivity index (χ3n) is 5.96. The normalized spacial score (nSPS) is 11.2. The molecule has 0 fully saturated rings. The van der Waals surface area contributed by atoms with E-state index in [1.807, 2.05) is 60.7 Å². The minimum Gasteiger partial charge on any atom is -0.493 e. The van der Waals surface area contributed by atoms with Crippen LogP contribution in [0.2, 0.25) is 0 Å². The highest BCUT2D eigenvalue weighted by molar-refractivity contribution is 6.02. The van der Waals surface area contributed by atoms with E-state index in [0.717, 1.165) is 33.3 Å². The maximum absolute atomic E-state index is 5.46. The number of hydrogen-bond acceptors (Lipinski definition) is 8. The zero-order chi connectivity index (χ0) is 27.1. The highest BCUT2D eigenvalue weighted by atomic mass is 16.5. The Kier molecular flexibility index (Phi) is 8.33. The first-order valence-corrected chi connectivity index (χ1v) is 11.8. The topological polar surface area (TPSA) is 80.1 Å². The predicted molar refractivity (Wildman–Crippen MR) is 151 cm³/mol. The van der Waals surface area contributed by atoms with Crippen molar-refractivity contribution < 1.29 is 28.4 Å². The average Bonchev–Trinajstić information content (AvgIpc) is 2.97. The highest BCUT2D eigenvalue weighted by Crippen LogP contribution is 2.39. The lowest BCUT2D eigenvalue weighted by Crippen LogP contribution is -1.96. The molecule has 0 radical (unpaired) electrons. The van der Waals surface area contributed by atoms with Gasteiger partial charge in [0.15, 0.2) is 23.0 Å². The second-order valence-corrected chi connectivity index (χ2v) is 8.08. The van der Waals surface area contributed by atoms with E-state index in [-0.39, 0.29) is 0 Å². The molecule has 0 N–H and O–H groups in total. The second kappa shape index (κ2) is 12.0. The van der Waals surface area contributed by atoms with Crippen molar-refractivity contribution in [1.29, 1.82) is 0 Å². The van der Waals surface area contributed by atoms with Gasteiger partial charge in [-0.3, -0.25) is 9.98 Å². The van der Waals surface area contributed by atoms with Crippen LogP contribution in [0.1, 0.15) is 11.1 Å². The number of benzene rings is 4. The molecule has 4 aromatic carbocycles. The molecule has 8 nitrogen and oxygen atoms in total. The lowest BCUT2D eigenvalue weighted by molar-refractivity contribution is 0.324. The van der Waals surface area contributed by atoms with Crippen molar-refractivity contribution in [3.63, 3.8) is 0 Å². The molecule has 0 aromatic heterocycles. The molecule has 0 heterocycles. The summed E-state index contributed by atoms with van der Waals surface area (Å²) in [5.41, 5.74) is 3.24. The van der Waals surface area contributed by atoms with Crippen molar-refractivity contribution in [2.24, 2.45) is 9.98 Å². The van der Waals surface area contributed by atoms with E-state index in [0.29, 0.717) is 34.5 Å². The maximum atomic E-state index is 5.46. The summed E-state index contributed by atoms with van der Waals surface area (Å²) in [6.45, 7) is 0. The van der Waals surface area contributed by atoms with Gasteiger partial charge in [-0.2, -0.15) is 0 Å². The Labute approximate surface area is 222 Å². The largest absolute Gasteiger partial charge is 0.493 e. The number of fused-ring (bicyclic) bond motifs is 1. The van der Waals surface area contributed by atoms with E-state index in [4.69, 9.17) is 38.4 Å². The number of ether oxygens (including phenoxy) is 6. The first kappa shape index (κ1) is 26.3. The fourth-order valence-corrected chi connectivity index (χ4v) is 4.14. The Morgan fingerprint density at radius 3 is 1.11 bits per heavy atom. The maximum Gasteiger partial charge on any atom is 0.203 e. The number of nitrogens with zero attached hydrogens (tertiary/aromatic N) is 2. The van der Waals surface area contributed by atoms with E-state index in [1.165, 1.54) is 0 Å². The van der Waals surface area contributed by atoms with E-state index in [1.54, 1.807) is 55.1 Å². The summed E-state index contributed by atoms with van der Waals surface area (Å²) in [5.74, 6) is 3.33. The Morgan fingerprint density at radius 1 is 0.474 bits per heavy atom. The van der Waals surface area contributed by atoms with Crippen molar-refractivity contribution in [2.45, 2.75) is 0 Å². The summed E-state index contributed by atoms with van der Waals surface area (Å²) in [6, 6.07) is 19.3. The molecular formula is C30H30N2O6. The minimum atomic E-state index is 0.534. The molecule has 8 heteroatoms. The van der Waals surface area contributed by atoms with Crippen molar-refractivity contribution in [3.8, 4) is 34.5 Å². The van der Waals surface area contributed by atoms with Crippen molar-refractivity contribution in [2.75, 3.05) is 42.7 Å². The van der Waals surface area contributed by atoms with Crippen LogP contribution < -0.4 is 28.4 Å². The number of rotatable bonds is 10. The second-order valence-electron chi connectivity index (χ2n) is 8.08. The predicted octanol–water partition coefficient (Wildman–Crippen LogP) is 6.39. The Bertz CT molecular complexity index is 1330. The van der Waals surface area contributed by atoms with Crippen molar-refractivity contribution in [1.82, 2.24) is 0 Å². The van der Waals surface area contributed by atoms with Gasteiger partial charge in [-0.05, 0) is 36.4 Å². The van der Waals surface area contributed by atoms with Gasteiger partial charge in [0.05, 0.1) is 54.0 Å². The molecule has 0 atom stereocenters. The summed E-state index contributed by atoms with van der Waals surface area (Å²) in [7, 11) is 9.50. The minimum absolute atomic E-state index is 0.534. The number of hydrogen-bond donors (Lipinski definition) is 0. The molecule has 4 aromatic rings. The van der Waals surface area contributed by atoms with Crippen LogP contribution in [-0.2, 0) is 0 Å². The zero-order valence-electron chi connectivity index (χ0n) is 22.3. The summed E-state index contributed by atoms with van der Waals surface area (Å²) in [4.78, 5) is 9.52. The Balaban J connectivity index is 1.70. The molecular weight excluding hydrogens is 484 g/mol. The molecule has 0 aliphatic heterocycles. The molecule has 0 amide bonds. The Hall–Kier alpha value is -4.72. The fourth-order valence-electron chi connectivity index (χ4n) is 4.14. The summed E-state index contributed by atoms with van der Waals surface area (Å²) >= 11 is 0. The van der Waals surface area contributed by atoms with Crippen LogP contribution in [0.3, 0.4) is 0 Å². The smallest absolute Gasteiger partial charge is 0.203 e. The summed E-state index contributed by atoms with van der Waals surface area (Å²) in [5, 5.41) is 1.94. The molecule has 38 heavy (non-hydrogen) atoms. The third-order valence-corrected chi connectivity index (χ3v) is 5.96. The molecule has 0 unspecified atom stereocenters. The van der Waals surface area contributed by atoms with Crippen LogP contribution in [0.25, 0.3) is 10.8 Å². The lowest BCUT2D eigenvalue weighted by Gasteiger charge is -2.13. The Morgan fingerprint density at radius 2 is 0.816 bits per heavy atom. The number of aliphatic imine (C=N–C) groups is 2. The first-order valence-electron chi connectivity index (χ1n) is 11.8. The van der Waals surface area contributed by atoms with Crippen molar-refractivity contribution >= 4 is 34.6 Å². The van der Waals surface area contributed by atoms with Gasteiger partial charge < -0.3 is 28.4 Å². The van der Waals surface area contributed by atoms with E-state index >= 15 is 0 Å². The molecule has 0 bridgehead atoms.